The first kappa shape index (κ1) is 14.4. The molecule has 120 valence electrons. The summed E-state index contributed by atoms with van der Waals surface area (Å²) in [5, 5.41) is 7.56. The Kier molecular flexibility index (Phi) is 3.63. The van der Waals surface area contributed by atoms with Crippen LogP contribution >= 0.6 is 0 Å². The van der Waals surface area contributed by atoms with Gasteiger partial charge in [0.15, 0.2) is 0 Å². The van der Waals surface area contributed by atoms with Gasteiger partial charge in [-0.25, -0.2) is 9.07 Å². The van der Waals surface area contributed by atoms with Crippen LogP contribution in [0.4, 0.5) is 4.39 Å². The minimum atomic E-state index is -0.279. The first-order valence-electron chi connectivity index (χ1n) is 8.36. The van der Waals surface area contributed by atoms with E-state index >= 15 is 0 Å². The van der Waals surface area contributed by atoms with E-state index < -0.39 is 0 Å². The SMILES string of the molecule is O=C(NC1CCCc2c1cnn2-c1ccccc1F)C1CCC1. The van der Waals surface area contributed by atoms with Crippen LogP contribution in [0.25, 0.3) is 5.69 Å². The van der Waals surface area contributed by atoms with E-state index in [1.54, 1.807) is 23.0 Å². The number of fused-ring (bicyclic) bond motifs is 1. The quantitative estimate of drug-likeness (QED) is 0.945. The number of aromatic nitrogens is 2. The van der Waals surface area contributed by atoms with Crippen LogP contribution in [0, 0.1) is 11.7 Å². The maximum Gasteiger partial charge on any atom is 0.223 e. The summed E-state index contributed by atoms with van der Waals surface area (Å²) in [4.78, 5) is 12.2. The van der Waals surface area contributed by atoms with Gasteiger partial charge in [-0.3, -0.25) is 4.79 Å². The van der Waals surface area contributed by atoms with Crippen molar-refractivity contribution in [1.29, 1.82) is 0 Å². The molecule has 0 saturated heterocycles. The van der Waals surface area contributed by atoms with Crippen LogP contribution in [0.5, 0.6) is 0 Å². The second-order valence-electron chi connectivity index (χ2n) is 6.49. The topological polar surface area (TPSA) is 46.9 Å². The van der Waals surface area contributed by atoms with Crippen molar-refractivity contribution in [3.63, 3.8) is 0 Å². The number of nitrogens with zero attached hydrogens (tertiary/aromatic N) is 2. The second kappa shape index (κ2) is 5.80. The molecule has 1 amide bonds. The summed E-state index contributed by atoms with van der Waals surface area (Å²) >= 11 is 0. The minimum Gasteiger partial charge on any atom is -0.349 e. The monoisotopic (exact) mass is 313 g/mol. The third kappa shape index (κ3) is 2.54. The largest absolute Gasteiger partial charge is 0.349 e. The number of hydrogen-bond acceptors (Lipinski definition) is 2. The summed E-state index contributed by atoms with van der Waals surface area (Å²) in [6.45, 7) is 0. The van der Waals surface area contributed by atoms with E-state index in [1.807, 2.05) is 6.07 Å². The van der Waals surface area contributed by atoms with Crippen LogP contribution in [0.3, 0.4) is 0 Å². The van der Waals surface area contributed by atoms with Gasteiger partial charge in [0, 0.05) is 17.2 Å². The molecule has 4 rings (SSSR count). The van der Waals surface area contributed by atoms with Gasteiger partial charge in [0.2, 0.25) is 5.91 Å². The van der Waals surface area contributed by atoms with Crippen LogP contribution in [-0.4, -0.2) is 15.7 Å². The van der Waals surface area contributed by atoms with E-state index in [0.717, 1.165) is 49.8 Å². The highest BCUT2D eigenvalue weighted by molar-refractivity contribution is 5.79. The molecule has 0 bridgehead atoms. The molecule has 2 aliphatic carbocycles. The zero-order chi connectivity index (χ0) is 15.8. The lowest BCUT2D eigenvalue weighted by molar-refractivity contribution is -0.128. The van der Waals surface area contributed by atoms with Gasteiger partial charge in [0.25, 0.3) is 0 Å². The molecular formula is C18H20FN3O. The first-order chi connectivity index (χ1) is 11.2. The number of hydrogen-bond donors (Lipinski definition) is 1. The van der Waals surface area contributed by atoms with Crippen molar-refractivity contribution < 1.29 is 9.18 Å². The smallest absolute Gasteiger partial charge is 0.223 e. The molecule has 0 aliphatic heterocycles. The number of amides is 1. The number of nitrogens with one attached hydrogen (secondary N) is 1. The maximum absolute atomic E-state index is 14.1. The summed E-state index contributed by atoms with van der Waals surface area (Å²) in [6.07, 6.45) is 7.70. The highest BCUT2D eigenvalue weighted by Gasteiger charge is 2.31. The van der Waals surface area contributed by atoms with Gasteiger partial charge in [-0.1, -0.05) is 18.6 Å². The summed E-state index contributed by atoms with van der Waals surface area (Å²) in [5.74, 6) is 0.0637. The molecule has 1 N–H and O–H groups in total. The van der Waals surface area contributed by atoms with E-state index in [4.69, 9.17) is 0 Å². The van der Waals surface area contributed by atoms with Gasteiger partial charge in [-0.05, 0) is 44.2 Å². The lowest BCUT2D eigenvalue weighted by atomic mass is 9.84. The molecule has 2 aromatic rings. The Morgan fingerprint density at radius 1 is 1.22 bits per heavy atom. The van der Waals surface area contributed by atoms with Crippen LogP contribution < -0.4 is 5.32 Å². The van der Waals surface area contributed by atoms with Crippen LogP contribution in [0.2, 0.25) is 0 Å². The predicted octanol–water partition coefficient (Wildman–Crippen LogP) is 3.31. The number of para-hydroxylation sites is 1. The highest BCUT2D eigenvalue weighted by Crippen LogP contribution is 2.33. The van der Waals surface area contributed by atoms with E-state index in [0.29, 0.717) is 5.69 Å². The molecule has 1 atom stereocenters. The molecule has 1 aromatic carbocycles. The number of carbonyl (C=O) groups is 1. The van der Waals surface area contributed by atoms with Crippen molar-refractivity contribution in [2.45, 2.75) is 44.6 Å². The average Bonchev–Trinajstić information content (AvgIpc) is 2.91. The molecular weight excluding hydrogens is 293 g/mol. The standard InChI is InChI=1S/C18H20FN3O/c19-14-7-1-2-9-17(14)22-16-10-4-8-15(13(16)11-20-22)21-18(23)12-5-3-6-12/h1-2,7,9,11-12,15H,3-6,8,10H2,(H,21,23). The summed E-state index contributed by atoms with van der Waals surface area (Å²) in [6, 6.07) is 6.68. The Balaban J connectivity index is 1.62. The lowest BCUT2D eigenvalue weighted by Crippen LogP contribution is -2.38. The van der Waals surface area contributed by atoms with Gasteiger partial charge in [0.1, 0.15) is 11.5 Å². The Labute approximate surface area is 134 Å². The van der Waals surface area contributed by atoms with E-state index in [9.17, 15) is 9.18 Å². The van der Waals surface area contributed by atoms with Crippen LogP contribution in [-0.2, 0) is 11.2 Å². The van der Waals surface area contributed by atoms with Gasteiger partial charge in [0.05, 0.1) is 12.2 Å². The first-order valence-corrected chi connectivity index (χ1v) is 8.36. The molecule has 1 aromatic heterocycles. The van der Waals surface area contributed by atoms with Crippen LogP contribution in [0.1, 0.15) is 49.4 Å². The molecule has 0 spiro atoms. The Hall–Kier alpha value is -2.17. The predicted molar refractivity (Wildman–Crippen MR) is 84.7 cm³/mol. The molecule has 1 fully saturated rings. The van der Waals surface area contributed by atoms with E-state index in [1.165, 1.54) is 6.07 Å². The third-order valence-electron chi connectivity index (χ3n) is 5.06. The molecule has 1 unspecified atom stereocenters. The fourth-order valence-corrected chi connectivity index (χ4v) is 3.50. The van der Waals surface area contributed by atoms with Gasteiger partial charge in [-0.2, -0.15) is 5.10 Å². The number of carbonyl (C=O) groups excluding carboxylic acids is 1. The van der Waals surface area contributed by atoms with Crippen molar-refractivity contribution in [1.82, 2.24) is 15.1 Å². The molecule has 4 nitrogen and oxygen atoms in total. The Morgan fingerprint density at radius 3 is 2.78 bits per heavy atom. The minimum absolute atomic E-state index is 0.00683. The number of benzene rings is 1. The van der Waals surface area contributed by atoms with Gasteiger partial charge < -0.3 is 5.32 Å². The maximum atomic E-state index is 14.1. The van der Waals surface area contributed by atoms with Gasteiger partial charge >= 0.3 is 0 Å². The Bertz CT molecular complexity index is 736. The summed E-state index contributed by atoms with van der Waals surface area (Å²) in [5.41, 5.74) is 2.52. The van der Waals surface area contributed by atoms with Crippen molar-refractivity contribution in [3.8, 4) is 5.69 Å². The van der Waals surface area contributed by atoms with Gasteiger partial charge in [-0.15, -0.1) is 0 Å². The lowest BCUT2D eigenvalue weighted by Gasteiger charge is -2.29. The zero-order valence-electron chi connectivity index (χ0n) is 13.0. The molecule has 1 saturated carbocycles. The highest BCUT2D eigenvalue weighted by atomic mass is 19.1. The van der Waals surface area contributed by atoms with Crippen molar-refractivity contribution in [3.05, 3.63) is 47.5 Å². The normalized spacial score (nSPS) is 20.7. The van der Waals surface area contributed by atoms with Crippen molar-refractivity contribution in [2.75, 3.05) is 0 Å². The average molecular weight is 313 g/mol. The molecule has 2 aliphatic rings. The second-order valence-corrected chi connectivity index (χ2v) is 6.49. The zero-order valence-corrected chi connectivity index (χ0v) is 13.0. The van der Waals surface area contributed by atoms with E-state index in [-0.39, 0.29) is 23.7 Å². The molecule has 5 heteroatoms. The fourth-order valence-electron chi connectivity index (χ4n) is 3.50. The van der Waals surface area contributed by atoms with Crippen molar-refractivity contribution in [2.24, 2.45) is 5.92 Å². The fraction of sp³-hybridized carbons (Fsp3) is 0.444. The molecule has 1 heterocycles. The molecule has 0 radical (unpaired) electrons. The summed E-state index contributed by atoms with van der Waals surface area (Å²) < 4.78 is 15.7. The summed E-state index contributed by atoms with van der Waals surface area (Å²) in [7, 11) is 0. The molecule has 23 heavy (non-hydrogen) atoms. The van der Waals surface area contributed by atoms with E-state index in [2.05, 4.69) is 10.4 Å². The van der Waals surface area contributed by atoms with Crippen LogP contribution in [0.15, 0.2) is 30.5 Å². The number of rotatable bonds is 3. The number of halogens is 1. The van der Waals surface area contributed by atoms with Crippen molar-refractivity contribution >= 4 is 5.91 Å². The third-order valence-corrected chi connectivity index (χ3v) is 5.06. The Morgan fingerprint density at radius 2 is 2.04 bits per heavy atom.